The van der Waals surface area contributed by atoms with Gasteiger partial charge in [0.15, 0.2) is 5.69 Å². The summed E-state index contributed by atoms with van der Waals surface area (Å²) in [6, 6.07) is 8.49. The number of aromatic nitrogens is 3. The normalized spacial score (nSPS) is 14.2. The van der Waals surface area contributed by atoms with Crippen LogP contribution in [-0.2, 0) is 5.54 Å². The summed E-state index contributed by atoms with van der Waals surface area (Å²) < 4.78 is 32.0. The SMILES string of the molecule is COc1ncc(Nc2cc(F)cc(F)c2)nc1C(=O)NC1(c2ccccn2)CC1. The summed E-state index contributed by atoms with van der Waals surface area (Å²) in [6.45, 7) is 0. The molecule has 1 aromatic carbocycles. The Balaban J connectivity index is 1.59. The van der Waals surface area contributed by atoms with E-state index in [2.05, 4.69) is 25.6 Å². The van der Waals surface area contributed by atoms with Gasteiger partial charge in [-0.2, -0.15) is 0 Å². The second-order valence-electron chi connectivity index (χ2n) is 6.65. The summed E-state index contributed by atoms with van der Waals surface area (Å²) in [5.41, 5.74) is 0.321. The zero-order valence-corrected chi connectivity index (χ0v) is 15.4. The number of pyridine rings is 1. The number of methoxy groups -OCH3 is 1. The number of carbonyl (C=O) groups excluding carboxylic acids is 1. The minimum absolute atomic E-state index is 0.0373. The number of anilines is 2. The molecule has 0 radical (unpaired) electrons. The predicted molar refractivity (Wildman–Crippen MR) is 101 cm³/mol. The summed E-state index contributed by atoms with van der Waals surface area (Å²) in [5.74, 6) is -1.78. The van der Waals surface area contributed by atoms with Crippen molar-refractivity contribution in [3.05, 3.63) is 71.8 Å². The topological polar surface area (TPSA) is 89.0 Å². The number of amides is 1. The molecule has 0 aliphatic heterocycles. The molecule has 7 nitrogen and oxygen atoms in total. The first-order valence-electron chi connectivity index (χ1n) is 8.87. The monoisotopic (exact) mass is 397 g/mol. The Morgan fingerprint density at radius 3 is 2.52 bits per heavy atom. The van der Waals surface area contributed by atoms with E-state index in [0.29, 0.717) is 0 Å². The molecule has 1 amide bonds. The van der Waals surface area contributed by atoms with E-state index in [-0.39, 0.29) is 23.1 Å². The predicted octanol–water partition coefficient (Wildman–Crippen LogP) is 3.32. The van der Waals surface area contributed by atoms with Crippen molar-refractivity contribution in [2.75, 3.05) is 12.4 Å². The molecule has 0 unspecified atom stereocenters. The number of nitrogens with zero attached hydrogens (tertiary/aromatic N) is 3. The number of carbonyl (C=O) groups is 1. The van der Waals surface area contributed by atoms with Crippen LogP contribution in [-0.4, -0.2) is 28.0 Å². The molecule has 0 bridgehead atoms. The van der Waals surface area contributed by atoms with Crippen LogP contribution in [0.1, 0.15) is 29.0 Å². The molecule has 4 rings (SSSR count). The Labute approximate surface area is 165 Å². The fourth-order valence-electron chi connectivity index (χ4n) is 3.00. The van der Waals surface area contributed by atoms with Crippen LogP contribution < -0.4 is 15.4 Å². The average Bonchev–Trinajstić information content (AvgIpc) is 3.48. The summed E-state index contributed by atoms with van der Waals surface area (Å²) in [5, 5.41) is 5.69. The lowest BCUT2D eigenvalue weighted by Gasteiger charge is -2.17. The molecule has 0 spiro atoms. The quantitative estimate of drug-likeness (QED) is 0.663. The Morgan fingerprint density at radius 2 is 1.90 bits per heavy atom. The highest BCUT2D eigenvalue weighted by Crippen LogP contribution is 2.44. The summed E-state index contributed by atoms with van der Waals surface area (Å²) in [6.07, 6.45) is 4.49. The molecule has 0 atom stereocenters. The second-order valence-corrected chi connectivity index (χ2v) is 6.65. The first kappa shape index (κ1) is 18.7. The van der Waals surface area contributed by atoms with Crippen LogP contribution in [0, 0.1) is 11.6 Å². The molecule has 0 saturated heterocycles. The highest BCUT2D eigenvalue weighted by molar-refractivity contribution is 5.95. The molecule has 1 fully saturated rings. The van der Waals surface area contributed by atoms with Crippen LogP contribution in [0.15, 0.2) is 48.8 Å². The van der Waals surface area contributed by atoms with E-state index in [1.165, 1.54) is 13.3 Å². The minimum atomic E-state index is -0.738. The van der Waals surface area contributed by atoms with Crippen molar-refractivity contribution >= 4 is 17.4 Å². The maximum absolute atomic E-state index is 13.4. The third-order valence-corrected chi connectivity index (χ3v) is 4.54. The highest BCUT2D eigenvalue weighted by atomic mass is 19.1. The van der Waals surface area contributed by atoms with Gasteiger partial charge in [-0.1, -0.05) is 6.07 Å². The van der Waals surface area contributed by atoms with Gasteiger partial charge in [-0.15, -0.1) is 0 Å². The molecule has 1 saturated carbocycles. The van der Waals surface area contributed by atoms with Crippen LogP contribution in [0.25, 0.3) is 0 Å². The van der Waals surface area contributed by atoms with Crippen LogP contribution >= 0.6 is 0 Å². The lowest BCUT2D eigenvalue weighted by Crippen LogP contribution is -2.36. The maximum atomic E-state index is 13.4. The van der Waals surface area contributed by atoms with Gasteiger partial charge >= 0.3 is 0 Å². The summed E-state index contributed by atoms with van der Waals surface area (Å²) in [4.78, 5) is 25.5. The molecule has 1 aliphatic carbocycles. The fourth-order valence-corrected chi connectivity index (χ4v) is 3.00. The number of hydrogen-bond donors (Lipinski definition) is 2. The number of ether oxygens (including phenoxy) is 1. The Kier molecular flexibility index (Phi) is 4.79. The second kappa shape index (κ2) is 7.42. The number of nitrogens with one attached hydrogen (secondary N) is 2. The summed E-state index contributed by atoms with van der Waals surface area (Å²) in [7, 11) is 1.38. The largest absolute Gasteiger partial charge is 0.479 e. The standard InChI is InChI=1S/C20H17F2N5O2/c1-29-19-17(18(28)27-20(5-6-20)15-4-2-3-7-23-15)26-16(11-24-19)25-14-9-12(21)8-13(22)10-14/h2-4,7-11H,5-6H2,1H3,(H,25,26)(H,27,28). The van der Waals surface area contributed by atoms with Crippen molar-refractivity contribution in [3.8, 4) is 5.88 Å². The van der Waals surface area contributed by atoms with Crippen LogP contribution in [0.4, 0.5) is 20.3 Å². The van der Waals surface area contributed by atoms with Gasteiger partial charge in [-0.3, -0.25) is 9.78 Å². The van der Waals surface area contributed by atoms with E-state index in [1.54, 1.807) is 12.3 Å². The zero-order valence-electron chi connectivity index (χ0n) is 15.4. The molecule has 148 valence electrons. The van der Waals surface area contributed by atoms with E-state index in [1.807, 2.05) is 12.1 Å². The van der Waals surface area contributed by atoms with Gasteiger partial charge in [0.05, 0.1) is 24.5 Å². The van der Waals surface area contributed by atoms with Gasteiger partial charge in [-0.25, -0.2) is 18.7 Å². The first-order chi connectivity index (χ1) is 14.0. The third-order valence-electron chi connectivity index (χ3n) is 4.54. The number of benzene rings is 1. The van der Waals surface area contributed by atoms with Crippen LogP contribution in [0.5, 0.6) is 5.88 Å². The fraction of sp³-hybridized carbons (Fsp3) is 0.200. The van der Waals surface area contributed by atoms with Gasteiger partial charge < -0.3 is 15.4 Å². The van der Waals surface area contributed by atoms with Crippen molar-refractivity contribution in [1.82, 2.24) is 20.3 Å². The number of hydrogen-bond acceptors (Lipinski definition) is 6. The minimum Gasteiger partial charge on any atom is -0.479 e. The van der Waals surface area contributed by atoms with Crippen molar-refractivity contribution in [3.63, 3.8) is 0 Å². The van der Waals surface area contributed by atoms with Crippen LogP contribution in [0.3, 0.4) is 0 Å². The molecular weight excluding hydrogens is 380 g/mol. The van der Waals surface area contributed by atoms with Gasteiger partial charge in [0.25, 0.3) is 5.91 Å². The Morgan fingerprint density at radius 1 is 1.14 bits per heavy atom. The van der Waals surface area contributed by atoms with Crippen molar-refractivity contribution in [2.45, 2.75) is 18.4 Å². The Bertz CT molecular complexity index is 1040. The van der Waals surface area contributed by atoms with E-state index in [0.717, 1.165) is 36.7 Å². The summed E-state index contributed by atoms with van der Waals surface area (Å²) >= 11 is 0. The molecule has 1 aliphatic rings. The number of halogens is 2. The van der Waals surface area contributed by atoms with Crippen molar-refractivity contribution in [2.24, 2.45) is 0 Å². The molecule has 2 N–H and O–H groups in total. The smallest absolute Gasteiger partial charge is 0.276 e. The van der Waals surface area contributed by atoms with Gasteiger partial charge in [0.1, 0.15) is 17.5 Å². The van der Waals surface area contributed by atoms with Gasteiger partial charge in [0.2, 0.25) is 5.88 Å². The number of rotatable bonds is 6. The molecule has 29 heavy (non-hydrogen) atoms. The highest BCUT2D eigenvalue weighted by Gasteiger charge is 2.47. The van der Waals surface area contributed by atoms with Gasteiger partial charge in [-0.05, 0) is 37.1 Å². The maximum Gasteiger partial charge on any atom is 0.276 e. The van der Waals surface area contributed by atoms with E-state index >= 15 is 0 Å². The molecule has 2 aromatic heterocycles. The molecular formula is C20H17F2N5O2. The van der Waals surface area contributed by atoms with Gasteiger partial charge in [0, 0.05) is 18.0 Å². The lowest BCUT2D eigenvalue weighted by atomic mass is 10.1. The zero-order chi connectivity index (χ0) is 20.4. The average molecular weight is 397 g/mol. The molecule has 9 heteroatoms. The van der Waals surface area contributed by atoms with Crippen molar-refractivity contribution < 1.29 is 18.3 Å². The molecule has 3 aromatic rings. The first-order valence-corrected chi connectivity index (χ1v) is 8.87. The van der Waals surface area contributed by atoms with Crippen molar-refractivity contribution in [1.29, 1.82) is 0 Å². The third kappa shape index (κ3) is 3.98. The van der Waals surface area contributed by atoms with Crippen LogP contribution in [0.2, 0.25) is 0 Å². The Hall–Kier alpha value is -3.62. The van der Waals surface area contributed by atoms with E-state index in [4.69, 9.17) is 4.74 Å². The van der Waals surface area contributed by atoms with E-state index < -0.39 is 23.1 Å². The molecule has 2 heterocycles. The lowest BCUT2D eigenvalue weighted by molar-refractivity contribution is 0.0920. The van der Waals surface area contributed by atoms with E-state index in [9.17, 15) is 13.6 Å².